The maximum absolute atomic E-state index is 12.2. The first-order valence-electron chi connectivity index (χ1n) is 8.56. The summed E-state index contributed by atoms with van der Waals surface area (Å²) in [5.74, 6) is 0.607. The fourth-order valence-electron chi connectivity index (χ4n) is 3.08. The van der Waals surface area contributed by atoms with Gasteiger partial charge in [0.2, 0.25) is 5.91 Å². The van der Waals surface area contributed by atoms with Crippen LogP contribution >= 0.6 is 11.3 Å². The summed E-state index contributed by atoms with van der Waals surface area (Å²) < 4.78 is 0. The van der Waals surface area contributed by atoms with Gasteiger partial charge in [0, 0.05) is 29.9 Å². The minimum Gasteiger partial charge on any atom is -0.342 e. The molecule has 0 unspecified atom stereocenters. The molecule has 2 N–H and O–H groups in total. The lowest BCUT2D eigenvalue weighted by atomic mass is 10.0. The largest absolute Gasteiger partial charge is 0.342 e. The third-order valence-corrected chi connectivity index (χ3v) is 5.65. The molecule has 5 nitrogen and oxygen atoms in total. The van der Waals surface area contributed by atoms with E-state index >= 15 is 0 Å². The van der Waals surface area contributed by atoms with Crippen molar-refractivity contribution in [2.75, 3.05) is 13.1 Å². The van der Waals surface area contributed by atoms with Crippen molar-refractivity contribution in [2.24, 2.45) is 5.92 Å². The van der Waals surface area contributed by atoms with E-state index in [-0.39, 0.29) is 18.1 Å². The summed E-state index contributed by atoms with van der Waals surface area (Å²) >= 11 is 1.67. The summed E-state index contributed by atoms with van der Waals surface area (Å²) in [6.45, 7) is 3.61. The number of thiophene rings is 1. The second-order valence-corrected chi connectivity index (χ2v) is 7.45. The Kier molecular flexibility index (Phi) is 5.20. The summed E-state index contributed by atoms with van der Waals surface area (Å²) in [6.07, 6.45) is 4.69. The van der Waals surface area contributed by atoms with E-state index in [1.807, 2.05) is 16.3 Å². The molecule has 126 valence electrons. The lowest BCUT2D eigenvalue weighted by molar-refractivity contribution is -0.133. The quantitative estimate of drug-likeness (QED) is 0.869. The summed E-state index contributed by atoms with van der Waals surface area (Å²) in [4.78, 5) is 27.4. The summed E-state index contributed by atoms with van der Waals surface area (Å²) in [5.41, 5.74) is 0. The Bertz CT molecular complexity index is 534. The molecule has 1 aromatic rings. The minimum absolute atomic E-state index is 0.0755. The zero-order valence-corrected chi connectivity index (χ0v) is 14.4. The van der Waals surface area contributed by atoms with E-state index in [2.05, 4.69) is 23.6 Å². The number of nitrogens with zero attached hydrogens (tertiary/aromatic N) is 1. The first-order valence-corrected chi connectivity index (χ1v) is 9.44. The number of amides is 3. The Hall–Kier alpha value is -1.56. The zero-order chi connectivity index (χ0) is 16.2. The number of nitrogens with one attached hydrogen (secondary N) is 2. The van der Waals surface area contributed by atoms with Crippen LogP contribution in [0.5, 0.6) is 0 Å². The van der Waals surface area contributed by atoms with E-state index in [0.717, 1.165) is 45.2 Å². The number of likely N-dealkylation sites (tertiary alicyclic amines) is 1. The SMILES string of the molecule is CC[C@@H](NC(=O)NC1CCN(C(=O)C2CC2)CC1)c1cccs1. The highest BCUT2D eigenvalue weighted by atomic mass is 32.1. The van der Waals surface area contributed by atoms with Crippen molar-refractivity contribution in [1.82, 2.24) is 15.5 Å². The molecule has 2 fully saturated rings. The number of hydrogen-bond donors (Lipinski definition) is 2. The van der Waals surface area contributed by atoms with Gasteiger partial charge in [0.05, 0.1) is 6.04 Å². The van der Waals surface area contributed by atoms with E-state index < -0.39 is 0 Å². The highest BCUT2D eigenvalue weighted by Gasteiger charge is 2.35. The van der Waals surface area contributed by atoms with Gasteiger partial charge in [-0.2, -0.15) is 0 Å². The van der Waals surface area contributed by atoms with Crippen molar-refractivity contribution < 1.29 is 9.59 Å². The second kappa shape index (κ2) is 7.34. The number of rotatable bonds is 5. The van der Waals surface area contributed by atoms with Crippen LogP contribution in [0.1, 0.15) is 49.9 Å². The van der Waals surface area contributed by atoms with Gasteiger partial charge in [-0.25, -0.2) is 4.79 Å². The van der Waals surface area contributed by atoms with E-state index in [9.17, 15) is 9.59 Å². The molecule has 1 aliphatic carbocycles. The molecule has 3 rings (SSSR count). The van der Waals surface area contributed by atoms with Gasteiger partial charge in [-0.3, -0.25) is 4.79 Å². The van der Waals surface area contributed by atoms with Crippen molar-refractivity contribution in [3.63, 3.8) is 0 Å². The Balaban J connectivity index is 1.42. The van der Waals surface area contributed by atoms with Gasteiger partial charge in [-0.15, -0.1) is 11.3 Å². The zero-order valence-electron chi connectivity index (χ0n) is 13.6. The van der Waals surface area contributed by atoms with Crippen LogP contribution in [0.2, 0.25) is 0 Å². The molecule has 0 aromatic carbocycles. The lowest BCUT2D eigenvalue weighted by Gasteiger charge is -2.32. The normalized spacial score (nSPS) is 20.1. The predicted octanol–water partition coefficient (Wildman–Crippen LogP) is 2.90. The third-order valence-electron chi connectivity index (χ3n) is 4.67. The number of urea groups is 1. The molecule has 23 heavy (non-hydrogen) atoms. The first-order chi connectivity index (χ1) is 11.2. The summed E-state index contributed by atoms with van der Waals surface area (Å²) in [6, 6.07) is 4.21. The molecule has 1 atom stereocenters. The molecular weight excluding hydrogens is 310 g/mol. The second-order valence-electron chi connectivity index (χ2n) is 6.47. The lowest BCUT2D eigenvalue weighted by Crippen LogP contribution is -2.49. The van der Waals surface area contributed by atoms with Crippen LogP contribution in [-0.4, -0.2) is 36.0 Å². The predicted molar refractivity (Wildman–Crippen MR) is 91.3 cm³/mol. The molecule has 3 amide bonds. The van der Waals surface area contributed by atoms with Gasteiger partial charge in [0.15, 0.2) is 0 Å². The van der Waals surface area contributed by atoms with Gasteiger partial charge < -0.3 is 15.5 Å². The number of piperidine rings is 1. The van der Waals surface area contributed by atoms with Crippen molar-refractivity contribution in [2.45, 2.75) is 51.1 Å². The Morgan fingerprint density at radius 1 is 1.30 bits per heavy atom. The third kappa shape index (κ3) is 4.25. The van der Waals surface area contributed by atoms with Gasteiger partial charge >= 0.3 is 6.03 Å². The van der Waals surface area contributed by atoms with Crippen molar-refractivity contribution in [3.05, 3.63) is 22.4 Å². The average molecular weight is 335 g/mol. The van der Waals surface area contributed by atoms with Crippen LogP contribution in [0, 0.1) is 5.92 Å². The molecule has 1 aromatic heterocycles. The van der Waals surface area contributed by atoms with Crippen molar-refractivity contribution in [1.29, 1.82) is 0 Å². The van der Waals surface area contributed by atoms with Gasteiger partial charge in [0.1, 0.15) is 0 Å². The fraction of sp³-hybridized carbons (Fsp3) is 0.647. The van der Waals surface area contributed by atoms with Crippen LogP contribution in [0.4, 0.5) is 4.79 Å². The number of carbonyl (C=O) groups is 2. The molecule has 2 heterocycles. The monoisotopic (exact) mass is 335 g/mol. The molecule has 1 saturated carbocycles. The average Bonchev–Trinajstić information content (AvgIpc) is 3.27. The van der Waals surface area contributed by atoms with Gasteiger partial charge in [-0.1, -0.05) is 13.0 Å². The fourth-order valence-corrected chi connectivity index (χ4v) is 3.94. The van der Waals surface area contributed by atoms with Crippen LogP contribution in [-0.2, 0) is 4.79 Å². The standard InChI is InChI=1S/C17H25N3O2S/c1-2-14(15-4-3-11-23-15)19-17(22)18-13-7-9-20(10-8-13)16(21)12-5-6-12/h3-4,11-14H,2,5-10H2,1H3,(H2,18,19,22)/t14-/m1/s1. The minimum atomic E-state index is -0.0998. The highest BCUT2D eigenvalue weighted by molar-refractivity contribution is 7.10. The van der Waals surface area contributed by atoms with Crippen LogP contribution in [0.25, 0.3) is 0 Å². The van der Waals surface area contributed by atoms with Gasteiger partial charge in [-0.05, 0) is 43.6 Å². The smallest absolute Gasteiger partial charge is 0.315 e. The molecule has 0 spiro atoms. The maximum Gasteiger partial charge on any atom is 0.315 e. The van der Waals surface area contributed by atoms with E-state index in [1.165, 1.54) is 4.88 Å². The van der Waals surface area contributed by atoms with Crippen molar-refractivity contribution in [3.8, 4) is 0 Å². The molecule has 1 aliphatic heterocycles. The molecule has 0 radical (unpaired) electrons. The van der Waals surface area contributed by atoms with Crippen molar-refractivity contribution >= 4 is 23.3 Å². The molecule has 6 heteroatoms. The molecular formula is C17H25N3O2S. The van der Waals surface area contributed by atoms with Crippen LogP contribution in [0.3, 0.4) is 0 Å². The Morgan fingerprint density at radius 2 is 2.04 bits per heavy atom. The molecule has 0 bridgehead atoms. The maximum atomic E-state index is 12.2. The van der Waals surface area contributed by atoms with Crippen LogP contribution in [0.15, 0.2) is 17.5 Å². The van der Waals surface area contributed by atoms with Gasteiger partial charge in [0.25, 0.3) is 0 Å². The number of carbonyl (C=O) groups excluding carboxylic acids is 2. The Labute approximate surface area is 141 Å². The molecule has 1 saturated heterocycles. The van der Waals surface area contributed by atoms with Crippen LogP contribution < -0.4 is 10.6 Å². The first kappa shape index (κ1) is 16.3. The molecule has 2 aliphatic rings. The summed E-state index contributed by atoms with van der Waals surface area (Å²) in [5, 5.41) is 8.16. The van der Waals surface area contributed by atoms with E-state index in [0.29, 0.717) is 11.8 Å². The van der Waals surface area contributed by atoms with E-state index in [4.69, 9.17) is 0 Å². The van der Waals surface area contributed by atoms with E-state index in [1.54, 1.807) is 11.3 Å². The highest BCUT2D eigenvalue weighted by Crippen LogP contribution is 2.31. The Morgan fingerprint density at radius 3 is 2.61 bits per heavy atom. The summed E-state index contributed by atoms with van der Waals surface area (Å²) in [7, 11) is 0. The number of hydrogen-bond acceptors (Lipinski definition) is 3. The topological polar surface area (TPSA) is 61.4 Å².